The summed E-state index contributed by atoms with van der Waals surface area (Å²) in [6, 6.07) is 9.22. The van der Waals surface area contributed by atoms with Crippen molar-refractivity contribution in [2.75, 3.05) is 31.8 Å². The molecule has 21 heavy (non-hydrogen) atoms. The number of rotatable bonds is 6. The second-order valence-corrected chi connectivity index (χ2v) is 5.79. The highest BCUT2D eigenvalue weighted by atomic mass is 32.1. The number of ether oxygens (including phenoxy) is 1. The molecule has 0 aliphatic carbocycles. The van der Waals surface area contributed by atoms with Crippen molar-refractivity contribution < 1.29 is 9.53 Å². The van der Waals surface area contributed by atoms with Gasteiger partial charge < -0.3 is 15.8 Å². The monoisotopic (exact) mass is 305 g/mol. The number of benzene rings is 1. The molecule has 1 amide bonds. The SMILES string of the molecule is COc1ccc(N)cc1NC(=O)CN(C)Cc1cccs1. The summed E-state index contributed by atoms with van der Waals surface area (Å²) in [6.07, 6.45) is 0. The smallest absolute Gasteiger partial charge is 0.238 e. The zero-order chi connectivity index (χ0) is 15.2. The van der Waals surface area contributed by atoms with Crippen LogP contribution in [0.5, 0.6) is 5.75 Å². The van der Waals surface area contributed by atoms with Crippen molar-refractivity contribution in [3.8, 4) is 5.75 Å². The first-order chi connectivity index (χ1) is 10.1. The molecule has 2 rings (SSSR count). The Morgan fingerprint density at radius 3 is 2.90 bits per heavy atom. The van der Waals surface area contributed by atoms with Gasteiger partial charge in [-0.3, -0.25) is 9.69 Å². The number of nitrogens with zero attached hydrogens (tertiary/aromatic N) is 1. The van der Waals surface area contributed by atoms with Crippen LogP contribution in [0.2, 0.25) is 0 Å². The van der Waals surface area contributed by atoms with Crippen molar-refractivity contribution >= 4 is 28.6 Å². The quantitative estimate of drug-likeness (QED) is 0.804. The Morgan fingerprint density at radius 2 is 2.24 bits per heavy atom. The van der Waals surface area contributed by atoms with Gasteiger partial charge in [0.2, 0.25) is 5.91 Å². The number of carbonyl (C=O) groups is 1. The average Bonchev–Trinajstić information content (AvgIpc) is 2.91. The molecule has 0 aliphatic heterocycles. The number of nitrogens with one attached hydrogen (secondary N) is 1. The van der Waals surface area contributed by atoms with Gasteiger partial charge in [-0.1, -0.05) is 6.07 Å². The third-order valence-corrected chi connectivity index (χ3v) is 3.78. The lowest BCUT2D eigenvalue weighted by atomic mass is 10.2. The highest BCUT2D eigenvalue weighted by Crippen LogP contribution is 2.26. The second kappa shape index (κ2) is 7.10. The number of likely N-dealkylation sites (N-methyl/N-ethyl adjacent to an activating group) is 1. The number of hydrogen-bond donors (Lipinski definition) is 2. The number of methoxy groups -OCH3 is 1. The normalized spacial score (nSPS) is 10.6. The Balaban J connectivity index is 1.93. The van der Waals surface area contributed by atoms with Gasteiger partial charge in [0.15, 0.2) is 0 Å². The Kier molecular flexibility index (Phi) is 5.19. The van der Waals surface area contributed by atoms with Crippen molar-refractivity contribution in [1.82, 2.24) is 4.90 Å². The molecule has 5 nitrogen and oxygen atoms in total. The van der Waals surface area contributed by atoms with E-state index in [1.807, 2.05) is 23.4 Å². The number of hydrogen-bond acceptors (Lipinski definition) is 5. The van der Waals surface area contributed by atoms with Crippen LogP contribution in [0.25, 0.3) is 0 Å². The van der Waals surface area contributed by atoms with Crippen LogP contribution in [0.4, 0.5) is 11.4 Å². The molecule has 0 spiro atoms. The molecule has 1 heterocycles. The van der Waals surface area contributed by atoms with Crippen molar-refractivity contribution in [3.63, 3.8) is 0 Å². The van der Waals surface area contributed by atoms with Gasteiger partial charge >= 0.3 is 0 Å². The summed E-state index contributed by atoms with van der Waals surface area (Å²) >= 11 is 1.68. The van der Waals surface area contributed by atoms with E-state index in [4.69, 9.17) is 10.5 Å². The van der Waals surface area contributed by atoms with Gasteiger partial charge in [-0.15, -0.1) is 11.3 Å². The van der Waals surface area contributed by atoms with E-state index in [1.165, 1.54) is 4.88 Å². The minimum Gasteiger partial charge on any atom is -0.495 e. The highest BCUT2D eigenvalue weighted by molar-refractivity contribution is 7.09. The first-order valence-corrected chi connectivity index (χ1v) is 7.40. The minimum atomic E-state index is -0.0991. The number of anilines is 2. The summed E-state index contributed by atoms with van der Waals surface area (Å²) in [7, 11) is 3.47. The molecule has 3 N–H and O–H groups in total. The summed E-state index contributed by atoms with van der Waals surface area (Å²) in [4.78, 5) is 15.3. The van der Waals surface area contributed by atoms with E-state index in [9.17, 15) is 4.79 Å². The first-order valence-electron chi connectivity index (χ1n) is 6.53. The molecule has 0 fully saturated rings. The van der Waals surface area contributed by atoms with Crippen LogP contribution in [0.15, 0.2) is 35.7 Å². The molecular weight excluding hydrogens is 286 g/mol. The molecule has 1 aromatic heterocycles. The molecule has 0 bridgehead atoms. The van der Waals surface area contributed by atoms with Crippen molar-refractivity contribution in [1.29, 1.82) is 0 Å². The molecular formula is C15H19N3O2S. The van der Waals surface area contributed by atoms with E-state index in [0.717, 1.165) is 6.54 Å². The minimum absolute atomic E-state index is 0.0991. The molecule has 0 saturated heterocycles. The van der Waals surface area contributed by atoms with Gasteiger partial charge in [-0.25, -0.2) is 0 Å². The summed E-state index contributed by atoms with van der Waals surface area (Å²) in [5.74, 6) is 0.497. The lowest BCUT2D eigenvalue weighted by Crippen LogP contribution is -2.29. The van der Waals surface area contributed by atoms with Crippen LogP contribution < -0.4 is 15.8 Å². The van der Waals surface area contributed by atoms with Gasteiger partial charge in [0, 0.05) is 17.1 Å². The maximum absolute atomic E-state index is 12.1. The maximum atomic E-state index is 12.1. The zero-order valence-electron chi connectivity index (χ0n) is 12.1. The molecule has 0 atom stereocenters. The van der Waals surface area contributed by atoms with E-state index in [1.54, 1.807) is 36.6 Å². The third kappa shape index (κ3) is 4.47. The van der Waals surface area contributed by atoms with Gasteiger partial charge in [-0.05, 0) is 36.7 Å². The van der Waals surface area contributed by atoms with E-state index in [2.05, 4.69) is 11.4 Å². The van der Waals surface area contributed by atoms with Crippen LogP contribution in [0.1, 0.15) is 4.88 Å². The molecule has 0 radical (unpaired) electrons. The van der Waals surface area contributed by atoms with Gasteiger partial charge in [-0.2, -0.15) is 0 Å². The first kappa shape index (κ1) is 15.3. The largest absolute Gasteiger partial charge is 0.495 e. The van der Waals surface area contributed by atoms with E-state index in [-0.39, 0.29) is 5.91 Å². The number of carbonyl (C=O) groups excluding carboxylic acids is 1. The van der Waals surface area contributed by atoms with Crippen molar-refractivity contribution in [2.24, 2.45) is 0 Å². The van der Waals surface area contributed by atoms with Crippen LogP contribution in [0, 0.1) is 0 Å². The van der Waals surface area contributed by atoms with Gasteiger partial charge in [0.05, 0.1) is 19.3 Å². The molecule has 2 aromatic rings. The topological polar surface area (TPSA) is 67.6 Å². The van der Waals surface area contributed by atoms with Crippen molar-refractivity contribution in [2.45, 2.75) is 6.54 Å². The average molecular weight is 305 g/mol. The molecule has 1 aromatic carbocycles. The molecule has 0 aliphatic rings. The predicted molar refractivity (Wildman–Crippen MR) is 86.7 cm³/mol. The fraction of sp³-hybridized carbons (Fsp3) is 0.267. The lowest BCUT2D eigenvalue weighted by Gasteiger charge is -2.16. The number of nitrogen functional groups attached to an aromatic ring is 1. The summed E-state index contributed by atoms with van der Waals surface area (Å²) in [5.41, 5.74) is 6.90. The molecule has 0 saturated carbocycles. The van der Waals surface area contributed by atoms with Gasteiger partial charge in [0.1, 0.15) is 5.75 Å². The number of thiophene rings is 1. The standard InChI is InChI=1S/C15H19N3O2S/c1-18(9-12-4-3-7-21-12)10-15(19)17-13-8-11(16)5-6-14(13)20-2/h3-8H,9-10,16H2,1-2H3,(H,17,19). The highest BCUT2D eigenvalue weighted by Gasteiger charge is 2.11. The summed E-state index contributed by atoms with van der Waals surface area (Å²) < 4.78 is 5.21. The molecule has 0 unspecified atom stereocenters. The van der Waals surface area contributed by atoms with Crippen LogP contribution in [-0.2, 0) is 11.3 Å². The molecule has 112 valence electrons. The fourth-order valence-corrected chi connectivity index (χ4v) is 2.77. The molecule has 6 heteroatoms. The second-order valence-electron chi connectivity index (χ2n) is 4.76. The summed E-state index contributed by atoms with van der Waals surface area (Å²) in [6.45, 7) is 1.05. The number of amides is 1. The Labute approximate surface area is 128 Å². The van der Waals surface area contributed by atoms with Gasteiger partial charge in [0.25, 0.3) is 0 Å². The van der Waals surface area contributed by atoms with Crippen LogP contribution in [0.3, 0.4) is 0 Å². The predicted octanol–water partition coefficient (Wildman–Crippen LogP) is 2.41. The number of nitrogens with two attached hydrogens (primary N) is 1. The van der Waals surface area contributed by atoms with E-state index >= 15 is 0 Å². The Morgan fingerprint density at radius 1 is 1.43 bits per heavy atom. The maximum Gasteiger partial charge on any atom is 0.238 e. The van der Waals surface area contributed by atoms with Crippen LogP contribution >= 0.6 is 11.3 Å². The Hall–Kier alpha value is -2.05. The fourth-order valence-electron chi connectivity index (χ4n) is 1.98. The Bertz CT molecular complexity index is 599. The summed E-state index contributed by atoms with van der Waals surface area (Å²) in [5, 5.41) is 4.86. The van der Waals surface area contributed by atoms with E-state index < -0.39 is 0 Å². The van der Waals surface area contributed by atoms with E-state index in [0.29, 0.717) is 23.7 Å². The third-order valence-electron chi connectivity index (χ3n) is 2.92. The van der Waals surface area contributed by atoms with Crippen molar-refractivity contribution in [3.05, 3.63) is 40.6 Å². The van der Waals surface area contributed by atoms with Crippen LogP contribution in [-0.4, -0.2) is 31.5 Å². The zero-order valence-corrected chi connectivity index (χ0v) is 12.9. The lowest BCUT2D eigenvalue weighted by molar-refractivity contribution is -0.117.